The molecule has 2 aromatic carbocycles. The van der Waals surface area contributed by atoms with E-state index in [-0.39, 0.29) is 5.56 Å². The van der Waals surface area contributed by atoms with Crippen LogP contribution in [0.1, 0.15) is 5.56 Å². The first kappa shape index (κ1) is 11.6. The molecule has 0 saturated carbocycles. The van der Waals surface area contributed by atoms with E-state index in [0.29, 0.717) is 10.8 Å². The van der Waals surface area contributed by atoms with Crippen LogP contribution in [-0.4, -0.2) is 0 Å². The van der Waals surface area contributed by atoms with Gasteiger partial charge in [-0.05, 0) is 22.9 Å². The van der Waals surface area contributed by atoms with Crippen molar-refractivity contribution in [2.45, 2.75) is 5.41 Å². The molecular weight excluding hydrogens is 229 g/mol. The Morgan fingerprint density at radius 2 is 1.61 bits per heavy atom. The number of nitriles is 3. The van der Waals surface area contributed by atoms with Gasteiger partial charge in [-0.3, -0.25) is 0 Å². The fourth-order valence-electron chi connectivity index (χ4n) is 1.84. The molecule has 0 aliphatic rings. The number of fused-ring (bicyclic) bond motifs is 1. The molecule has 4 heteroatoms. The summed E-state index contributed by atoms with van der Waals surface area (Å²) in [5.74, 6) is -0.406. The van der Waals surface area contributed by atoms with Crippen LogP contribution >= 0.6 is 0 Å². The zero-order valence-electron chi connectivity index (χ0n) is 9.18. The van der Waals surface area contributed by atoms with E-state index in [4.69, 9.17) is 15.8 Å². The van der Waals surface area contributed by atoms with Gasteiger partial charge in [-0.1, -0.05) is 24.3 Å². The molecule has 0 unspecified atom stereocenters. The second-order valence-electron chi connectivity index (χ2n) is 3.76. The number of nitrogens with zero attached hydrogens (tertiary/aromatic N) is 3. The first-order chi connectivity index (χ1) is 8.66. The number of hydrogen-bond acceptors (Lipinski definition) is 3. The van der Waals surface area contributed by atoms with Crippen LogP contribution in [0.2, 0.25) is 0 Å². The fourth-order valence-corrected chi connectivity index (χ4v) is 1.84. The van der Waals surface area contributed by atoms with E-state index >= 15 is 0 Å². The van der Waals surface area contributed by atoms with Gasteiger partial charge in [0.05, 0.1) is 0 Å². The Labute approximate surface area is 103 Å². The van der Waals surface area contributed by atoms with E-state index in [1.165, 1.54) is 24.3 Å². The van der Waals surface area contributed by atoms with Crippen LogP contribution in [0.25, 0.3) is 10.8 Å². The number of halogens is 1. The van der Waals surface area contributed by atoms with Crippen LogP contribution < -0.4 is 0 Å². The molecule has 0 saturated heterocycles. The van der Waals surface area contributed by atoms with Gasteiger partial charge in [0.1, 0.15) is 24.0 Å². The third-order valence-corrected chi connectivity index (χ3v) is 2.75. The van der Waals surface area contributed by atoms with Gasteiger partial charge in [-0.2, -0.15) is 15.8 Å². The minimum absolute atomic E-state index is 0.285. The highest BCUT2D eigenvalue weighted by Gasteiger charge is 2.34. The number of rotatable bonds is 1. The van der Waals surface area contributed by atoms with Crippen LogP contribution in [0.4, 0.5) is 4.39 Å². The Kier molecular flexibility index (Phi) is 2.68. The minimum Gasteiger partial charge on any atom is -0.207 e. The average molecular weight is 235 g/mol. The Morgan fingerprint density at radius 3 is 2.22 bits per heavy atom. The zero-order chi connectivity index (χ0) is 13.2. The second kappa shape index (κ2) is 4.17. The predicted octanol–water partition coefficient (Wildman–Crippen LogP) is 2.79. The molecule has 0 radical (unpaired) electrons. The van der Waals surface area contributed by atoms with Crippen molar-refractivity contribution in [1.82, 2.24) is 0 Å². The predicted molar refractivity (Wildman–Crippen MR) is 62.4 cm³/mol. The second-order valence-corrected chi connectivity index (χ2v) is 3.76. The maximum Gasteiger partial charge on any atom is 0.254 e. The van der Waals surface area contributed by atoms with Gasteiger partial charge in [-0.15, -0.1) is 0 Å². The summed E-state index contributed by atoms with van der Waals surface area (Å²) in [5.41, 5.74) is -1.58. The highest BCUT2D eigenvalue weighted by molar-refractivity contribution is 5.88. The molecule has 0 aromatic heterocycles. The standard InChI is InChI=1S/C14H6FN3/c15-11-4-5-12-10(6-11)2-1-3-13(12)14(7-16,8-17)9-18/h1-6H. The van der Waals surface area contributed by atoms with Gasteiger partial charge < -0.3 is 0 Å². The van der Waals surface area contributed by atoms with Crippen molar-refractivity contribution < 1.29 is 4.39 Å². The SMILES string of the molecule is N#CC(C#N)(C#N)c1cccc2cc(F)ccc12. The third-order valence-electron chi connectivity index (χ3n) is 2.75. The topological polar surface area (TPSA) is 71.4 Å². The normalized spacial score (nSPS) is 10.3. The molecule has 0 aliphatic carbocycles. The molecule has 3 nitrogen and oxygen atoms in total. The van der Waals surface area contributed by atoms with Crippen LogP contribution in [0.15, 0.2) is 36.4 Å². The molecule has 0 amide bonds. The van der Waals surface area contributed by atoms with Crippen molar-refractivity contribution in [3.8, 4) is 18.2 Å². The van der Waals surface area contributed by atoms with Gasteiger partial charge in [0.15, 0.2) is 0 Å². The van der Waals surface area contributed by atoms with Crippen LogP contribution in [0.3, 0.4) is 0 Å². The van der Waals surface area contributed by atoms with Gasteiger partial charge in [0.2, 0.25) is 0 Å². The summed E-state index contributed by atoms with van der Waals surface area (Å²) < 4.78 is 13.1. The van der Waals surface area contributed by atoms with Crippen molar-refractivity contribution >= 4 is 10.8 Å². The Hall–Kier alpha value is -2.90. The molecular formula is C14H6FN3. The van der Waals surface area contributed by atoms with Crippen LogP contribution in [-0.2, 0) is 5.41 Å². The smallest absolute Gasteiger partial charge is 0.207 e. The van der Waals surface area contributed by atoms with E-state index < -0.39 is 11.2 Å². The summed E-state index contributed by atoms with van der Waals surface area (Å²) in [6, 6.07) is 14.0. The maximum atomic E-state index is 13.1. The van der Waals surface area contributed by atoms with Crippen molar-refractivity contribution in [2.75, 3.05) is 0 Å². The van der Waals surface area contributed by atoms with Gasteiger partial charge in [-0.25, -0.2) is 4.39 Å². The summed E-state index contributed by atoms with van der Waals surface area (Å²) in [7, 11) is 0. The monoisotopic (exact) mass is 235 g/mol. The first-order valence-corrected chi connectivity index (χ1v) is 5.09. The highest BCUT2D eigenvalue weighted by Crippen LogP contribution is 2.30. The molecule has 0 fully saturated rings. The lowest BCUT2D eigenvalue weighted by Gasteiger charge is -2.12. The molecule has 2 rings (SSSR count). The molecule has 84 valence electrons. The summed E-state index contributed by atoms with van der Waals surface area (Å²) >= 11 is 0. The summed E-state index contributed by atoms with van der Waals surface area (Å²) in [6.07, 6.45) is 0. The van der Waals surface area contributed by atoms with Crippen molar-refractivity contribution in [3.05, 3.63) is 47.8 Å². The Morgan fingerprint density at radius 1 is 0.944 bits per heavy atom. The van der Waals surface area contributed by atoms with E-state index in [1.54, 1.807) is 30.3 Å². The molecule has 18 heavy (non-hydrogen) atoms. The summed E-state index contributed by atoms with van der Waals surface area (Å²) in [6.45, 7) is 0. The molecule has 0 N–H and O–H groups in total. The summed E-state index contributed by atoms with van der Waals surface area (Å²) in [4.78, 5) is 0. The minimum atomic E-state index is -1.86. The summed E-state index contributed by atoms with van der Waals surface area (Å²) in [5, 5.41) is 28.3. The lowest BCUT2D eigenvalue weighted by atomic mass is 9.82. The number of benzene rings is 2. The quantitative estimate of drug-likeness (QED) is 0.762. The van der Waals surface area contributed by atoms with Crippen LogP contribution in [0, 0.1) is 39.8 Å². The van der Waals surface area contributed by atoms with Gasteiger partial charge in [0.25, 0.3) is 5.41 Å². The van der Waals surface area contributed by atoms with Crippen molar-refractivity contribution in [3.63, 3.8) is 0 Å². The van der Waals surface area contributed by atoms with Crippen LogP contribution in [0.5, 0.6) is 0 Å². The lowest BCUT2D eigenvalue weighted by Crippen LogP contribution is -2.19. The molecule has 0 heterocycles. The molecule has 0 atom stereocenters. The van der Waals surface area contributed by atoms with Crippen molar-refractivity contribution in [2.24, 2.45) is 0 Å². The molecule has 0 spiro atoms. The zero-order valence-corrected chi connectivity index (χ0v) is 9.18. The average Bonchev–Trinajstić information content (AvgIpc) is 2.41. The lowest BCUT2D eigenvalue weighted by molar-refractivity contribution is 0.629. The van der Waals surface area contributed by atoms with E-state index in [0.717, 1.165) is 0 Å². The fraction of sp³-hybridized carbons (Fsp3) is 0.0714. The largest absolute Gasteiger partial charge is 0.254 e. The van der Waals surface area contributed by atoms with Gasteiger partial charge in [0, 0.05) is 5.56 Å². The highest BCUT2D eigenvalue weighted by atomic mass is 19.1. The molecule has 0 aliphatic heterocycles. The molecule has 0 bridgehead atoms. The van der Waals surface area contributed by atoms with E-state index in [1.807, 2.05) is 0 Å². The molecule has 2 aromatic rings. The van der Waals surface area contributed by atoms with E-state index in [9.17, 15) is 4.39 Å². The maximum absolute atomic E-state index is 13.1. The third kappa shape index (κ3) is 1.56. The number of hydrogen-bond donors (Lipinski definition) is 0. The van der Waals surface area contributed by atoms with Crippen molar-refractivity contribution in [1.29, 1.82) is 15.8 Å². The Bertz CT molecular complexity index is 708. The first-order valence-electron chi connectivity index (χ1n) is 5.09. The van der Waals surface area contributed by atoms with Gasteiger partial charge >= 0.3 is 0 Å². The van der Waals surface area contributed by atoms with E-state index in [2.05, 4.69) is 0 Å². The Balaban J connectivity index is 2.87.